The average molecular weight is 459 g/mol. The van der Waals surface area contributed by atoms with Gasteiger partial charge in [-0.3, -0.25) is 0 Å². The van der Waals surface area contributed by atoms with Crippen molar-refractivity contribution in [3.8, 4) is 33.5 Å². The fourth-order valence-electron chi connectivity index (χ4n) is 5.00. The first kappa shape index (κ1) is 21.3. The minimum atomic E-state index is -0.289. The van der Waals surface area contributed by atoms with Crippen LogP contribution in [-0.2, 0) is 7.05 Å². The van der Waals surface area contributed by atoms with E-state index in [0.29, 0.717) is 11.1 Å². The molecule has 0 fully saturated rings. The Morgan fingerprint density at radius 1 is 0.657 bits per heavy atom. The predicted octanol–water partition coefficient (Wildman–Crippen LogP) is 8.17. The van der Waals surface area contributed by atoms with Crippen molar-refractivity contribution in [3.05, 3.63) is 114 Å². The van der Waals surface area contributed by atoms with E-state index in [0.717, 1.165) is 49.9 Å². The zero-order valence-corrected chi connectivity index (χ0v) is 20.0. The summed E-state index contributed by atoms with van der Waals surface area (Å²) >= 11 is 0. The molecule has 0 aliphatic carbocycles. The van der Waals surface area contributed by atoms with E-state index in [2.05, 4.69) is 60.9 Å². The van der Waals surface area contributed by atoms with Crippen LogP contribution in [0.3, 0.4) is 0 Å². The summed E-state index contributed by atoms with van der Waals surface area (Å²) in [5.74, 6) is -0.289. The van der Waals surface area contributed by atoms with E-state index in [9.17, 15) is 0 Å². The maximum Gasteiger partial charge on any atom is 0.216 e. The average Bonchev–Trinajstić information content (AvgIpc) is 3.23. The number of fused-ring (bicyclic) bond motifs is 3. The Morgan fingerprint density at radius 3 is 2.11 bits per heavy atom. The van der Waals surface area contributed by atoms with Gasteiger partial charge in [0.1, 0.15) is 24.0 Å². The predicted molar refractivity (Wildman–Crippen MR) is 141 cm³/mol. The Kier molecular flexibility index (Phi) is 5.00. The van der Waals surface area contributed by atoms with E-state index >= 15 is 4.39 Å². The molecule has 170 valence electrons. The molecule has 6 aromatic rings. The standard InChI is InChI=1S/C32H25FNO/c1-20-7-6-8-24(19-20)22-11-13-23(14-12-22)30-27(33)17-16-26-25-15-10-21(2)29(31(25)35-32(26)30)28-9-4-5-18-34(28)3/h4-19H,1-3H3/q+1. The Hall–Kier alpha value is -4.24. The Labute approximate surface area is 203 Å². The quantitative estimate of drug-likeness (QED) is 0.244. The number of aryl methyl sites for hydroxylation is 3. The first-order chi connectivity index (χ1) is 17.0. The molecule has 0 saturated heterocycles. The van der Waals surface area contributed by atoms with E-state index in [-0.39, 0.29) is 5.82 Å². The zero-order valence-electron chi connectivity index (χ0n) is 20.0. The van der Waals surface area contributed by atoms with E-state index in [4.69, 9.17) is 4.42 Å². The van der Waals surface area contributed by atoms with Crippen molar-refractivity contribution in [1.82, 2.24) is 0 Å². The number of hydrogen-bond acceptors (Lipinski definition) is 1. The van der Waals surface area contributed by atoms with Crippen LogP contribution in [0.25, 0.3) is 55.4 Å². The third-order valence-electron chi connectivity index (χ3n) is 6.80. The van der Waals surface area contributed by atoms with Gasteiger partial charge in [-0.15, -0.1) is 0 Å². The number of furan rings is 1. The SMILES string of the molecule is Cc1cccc(-c2ccc(-c3c(F)ccc4c3oc3c(-c5cccc[n+]5C)c(C)ccc34)cc2)c1. The maximum atomic E-state index is 15.3. The second-order valence-electron chi connectivity index (χ2n) is 9.18. The topological polar surface area (TPSA) is 17.0 Å². The molecular weight excluding hydrogens is 433 g/mol. The Morgan fingerprint density at radius 2 is 1.37 bits per heavy atom. The molecule has 0 spiro atoms. The molecule has 0 bridgehead atoms. The van der Waals surface area contributed by atoms with Crippen molar-refractivity contribution in [2.45, 2.75) is 13.8 Å². The van der Waals surface area contributed by atoms with Crippen LogP contribution >= 0.6 is 0 Å². The number of benzene rings is 4. The summed E-state index contributed by atoms with van der Waals surface area (Å²) in [7, 11) is 2.02. The minimum absolute atomic E-state index is 0.289. The number of nitrogens with zero attached hydrogens (tertiary/aromatic N) is 1. The highest BCUT2D eigenvalue weighted by atomic mass is 19.1. The van der Waals surface area contributed by atoms with Crippen LogP contribution in [0.5, 0.6) is 0 Å². The third kappa shape index (κ3) is 3.52. The Balaban J connectivity index is 1.57. The van der Waals surface area contributed by atoms with Crippen molar-refractivity contribution < 1.29 is 13.4 Å². The highest BCUT2D eigenvalue weighted by Gasteiger charge is 2.22. The minimum Gasteiger partial charge on any atom is -0.454 e. The summed E-state index contributed by atoms with van der Waals surface area (Å²) in [4.78, 5) is 0. The van der Waals surface area contributed by atoms with E-state index in [1.165, 1.54) is 5.56 Å². The van der Waals surface area contributed by atoms with E-state index in [1.807, 2.05) is 55.7 Å². The van der Waals surface area contributed by atoms with Gasteiger partial charge in [-0.25, -0.2) is 8.96 Å². The van der Waals surface area contributed by atoms with Crippen molar-refractivity contribution >= 4 is 21.9 Å². The molecular formula is C32H25FNO+. The number of rotatable bonds is 3. The molecule has 4 aromatic carbocycles. The fraction of sp³-hybridized carbons (Fsp3) is 0.0938. The molecule has 35 heavy (non-hydrogen) atoms. The fourth-order valence-corrected chi connectivity index (χ4v) is 5.00. The van der Waals surface area contributed by atoms with Crippen LogP contribution in [0, 0.1) is 19.7 Å². The van der Waals surface area contributed by atoms with Gasteiger partial charge in [0.05, 0.1) is 11.1 Å². The molecule has 0 saturated carbocycles. The lowest BCUT2D eigenvalue weighted by atomic mass is 9.97. The van der Waals surface area contributed by atoms with Gasteiger partial charge in [-0.2, -0.15) is 0 Å². The molecule has 0 N–H and O–H groups in total. The van der Waals surface area contributed by atoms with Crippen LogP contribution in [0.2, 0.25) is 0 Å². The second kappa shape index (κ2) is 8.21. The highest BCUT2D eigenvalue weighted by Crippen LogP contribution is 2.41. The summed E-state index contributed by atoms with van der Waals surface area (Å²) in [6.07, 6.45) is 2.02. The maximum absolute atomic E-state index is 15.3. The smallest absolute Gasteiger partial charge is 0.216 e. The summed E-state index contributed by atoms with van der Waals surface area (Å²) < 4.78 is 23.9. The molecule has 0 amide bonds. The van der Waals surface area contributed by atoms with Crippen LogP contribution in [-0.4, -0.2) is 0 Å². The lowest BCUT2D eigenvalue weighted by molar-refractivity contribution is -0.660. The molecule has 0 aliphatic rings. The molecule has 0 radical (unpaired) electrons. The van der Waals surface area contributed by atoms with Crippen molar-refractivity contribution in [3.63, 3.8) is 0 Å². The highest BCUT2D eigenvalue weighted by molar-refractivity contribution is 6.13. The monoisotopic (exact) mass is 458 g/mol. The largest absolute Gasteiger partial charge is 0.454 e. The number of aromatic nitrogens is 1. The summed E-state index contributed by atoms with van der Waals surface area (Å²) in [6.45, 7) is 4.17. The Bertz CT molecular complexity index is 1730. The molecule has 0 unspecified atom stereocenters. The lowest BCUT2D eigenvalue weighted by Gasteiger charge is -2.07. The molecule has 2 nitrogen and oxygen atoms in total. The van der Waals surface area contributed by atoms with Crippen LogP contribution in [0.1, 0.15) is 11.1 Å². The van der Waals surface area contributed by atoms with E-state index < -0.39 is 0 Å². The van der Waals surface area contributed by atoms with Gasteiger partial charge in [-0.1, -0.05) is 66.2 Å². The first-order valence-corrected chi connectivity index (χ1v) is 11.8. The molecule has 0 aliphatic heterocycles. The van der Waals surface area contributed by atoms with Gasteiger partial charge < -0.3 is 4.42 Å². The van der Waals surface area contributed by atoms with Crippen LogP contribution < -0.4 is 4.57 Å². The number of hydrogen-bond donors (Lipinski definition) is 0. The second-order valence-corrected chi connectivity index (χ2v) is 9.18. The van der Waals surface area contributed by atoms with Gasteiger partial charge in [0.25, 0.3) is 0 Å². The van der Waals surface area contributed by atoms with Crippen molar-refractivity contribution in [1.29, 1.82) is 0 Å². The van der Waals surface area contributed by atoms with Gasteiger partial charge >= 0.3 is 0 Å². The summed E-state index contributed by atoms with van der Waals surface area (Å²) in [5.41, 5.74) is 9.31. The van der Waals surface area contributed by atoms with E-state index in [1.54, 1.807) is 6.07 Å². The molecule has 3 heteroatoms. The van der Waals surface area contributed by atoms with Crippen molar-refractivity contribution in [2.75, 3.05) is 0 Å². The van der Waals surface area contributed by atoms with Gasteiger partial charge in [0, 0.05) is 22.9 Å². The summed E-state index contributed by atoms with van der Waals surface area (Å²) in [6, 6.07) is 30.1. The molecule has 2 heterocycles. The zero-order chi connectivity index (χ0) is 24.1. The molecule has 2 aromatic heterocycles. The first-order valence-electron chi connectivity index (χ1n) is 11.8. The van der Waals surface area contributed by atoms with Gasteiger partial charge in [-0.05, 0) is 54.3 Å². The summed E-state index contributed by atoms with van der Waals surface area (Å²) in [5, 5.41) is 1.90. The van der Waals surface area contributed by atoms with Crippen molar-refractivity contribution in [2.24, 2.45) is 7.05 Å². The van der Waals surface area contributed by atoms with Gasteiger partial charge in [0.15, 0.2) is 6.20 Å². The molecule has 0 atom stereocenters. The number of halogens is 1. The number of pyridine rings is 1. The van der Waals surface area contributed by atoms with Crippen LogP contribution in [0.4, 0.5) is 4.39 Å². The molecule has 6 rings (SSSR count). The normalized spacial score (nSPS) is 11.4. The van der Waals surface area contributed by atoms with Crippen LogP contribution in [0.15, 0.2) is 102 Å². The third-order valence-corrected chi connectivity index (χ3v) is 6.80. The van der Waals surface area contributed by atoms with Gasteiger partial charge in [0.2, 0.25) is 5.69 Å². The lowest BCUT2D eigenvalue weighted by Crippen LogP contribution is -2.30.